The van der Waals surface area contributed by atoms with Gasteiger partial charge in [-0.25, -0.2) is 14.4 Å². The predicted octanol–water partition coefficient (Wildman–Crippen LogP) is 4.31. The molecule has 1 amide bonds. The average molecular weight is 344 g/mol. The Hall–Kier alpha value is -2.99. The van der Waals surface area contributed by atoms with Crippen LogP contribution >= 0.6 is 11.6 Å². The van der Waals surface area contributed by atoms with Gasteiger partial charge in [-0.2, -0.15) is 0 Å². The molecular formula is C17H11ClFN3O2. The maximum atomic E-state index is 13.2. The second-order valence-electron chi connectivity index (χ2n) is 4.74. The second kappa shape index (κ2) is 7.06. The van der Waals surface area contributed by atoms with E-state index in [1.54, 1.807) is 30.3 Å². The van der Waals surface area contributed by atoms with Crippen molar-refractivity contribution in [2.45, 2.75) is 0 Å². The van der Waals surface area contributed by atoms with Gasteiger partial charge in [0.25, 0.3) is 5.91 Å². The zero-order chi connectivity index (χ0) is 16.9. The van der Waals surface area contributed by atoms with Gasteiger partial charge in [0.05, 0.1) is 5.02 Å². The van der Waals surface area contributed by atoms with Gasteiger partial charge in [0.2, 0.25) is 11.8 Å². The topological polar surface area (TPSA) is 64.1 Å². The first-order chi connectivity index (χ1) is 11.6. The molecule has 0 saturated carbocycles. The second-order valence-corrected chi connectivity index (χ2v) is 5.18. The van der Waals surface area contributed by atoms with E-state index in [4.69, 9.17) is 16.3 Å². The van der Waals surface area contributed by atoms with Crippen molar-refractivity contribution in [1.29, 1.82) is 0 Å². The van der Waals surface area contributed by atoms with Crippen molar-refractivity contribution >= 4 is 23.2 Å². The Balaban J connectivity index is 1.74. The Bertz CT molecular complexity index is 872. The van der Waals surface area contributed by atoms with Crippen LogP contribution in [0, 0.1) is 5.82 Å². The first-order valence-corrected chi connectivity index (χ1v) is 7.31. The van der Waals surface area contributed by atoms with Crippen LogP contribution in [0.3, 0.4) is 0 Å². The molecule has 2 heterocycles. The summed E-state index contributed by atoms with van der Waals surface area (Å²) in [5.74, 6) is -0.409. The van der Waals surface area contributed by atoms with E-state index in [0.29, 0.717) is 16.6 Å². The number of amides is 1. The summed E-state index contributed by atoms with van der Waals surface area (Å²) < 4.78 is 18.6. The number of nitrogens with one attached hydrogen (secondary N) is 1. The fourth-order valence-corrected chi connectivity index (χ4v) is 2.00. The Labute approximate surface area is 142 Å². The van der Waals surface area contributed by atoms with E-state index in [9.17, 15) is 9.18 Å². The average Bonchev–Trinajstić information content (AvgIpc) is 2.57. The summed E-state index contributed by atoms with van der Waals surface area (Å²) in [4.78, 5) is 20.3. The number of ether oxygens (including phenoxy) is 1. The molecule has 1 aromatic carbocycles. The number of hydrogen-bond acceptors (Lipinski definition) is 4. The zero-order valence-electron chi connectivity index (χ0n) is 12.2. The van der Waals surface area contributed by atoms with Crippen molar-refractivity contribution in [3.05, 3.63) is 77.3 Å². The largest absolute Gasteiger partial charge is 0.421 e. The molecule has 0 aliphatic carbocycles. The molecule has 0 aliphatic rings. The number of nitrogens with zero attached hydrogens (tertiary/aromatic N) is 2. The Morgan fingerprint density at radius 2 is 1.92 bits per heavy atom. The highest BCUT2D eigenvalue weighted by molar-refractivity contribution is 6.30. The normalized spacial score (nSPS) is 10.2. The summed E-state index contributed by atoms with van der Waals surface area (Å²) in [5, 5.41) is 3.05. The van der Waals surface area contributed by atoms with E-state index in [1.807, 2.05) is 0 Å². The molecule has 0 fully saturated rings. The van der Waals surface area contributed by atoms with Gasteiger partial charge in [-0.1, -0.05) is 23.7 Å². The van der Waals surface area contributed by atoms with Gasteiger partial charge in [0, 0.05) is 24.0 Å². The van der Waals surface area contributed by atoms with Gasteiger partial charge in [0.15, 0.2) is 0 Å². The highest BCUT2D eigenvalue weighted by atomic mass is 35.5. The minimum Gasteiger partial charge on any atom is -0.421 e. The van der Waals surface area contributed by atoms with Gasteiger partial charge in [0.1, 0.15) is 11.5 Å². The van der Waals surface area contributed by atoms with Gasteiger partial charge < -0.3 is 10.1 Å². The molecule has 0 saturated heterocycles. The Morgan fingerprint density at radius 1 is 1.08 bits per heavy atom. The van der Waals surface area contributed by atoms with Crippen LogP contribution in [0.25, 0.3) is 0 Å². The van der Waals surface area contributed by atoms with Crippen molar-refractivity contribution in [2.24, 2.45) is 0 Å². The number of carbonyl (C=O) groups is 1. The lowest BCUT2D eigenvalue weighted by Gasteiger charge is -2.07. The van der Waals surface area contributed by atoms with Crippen LogP contribution in [-0.4, -0.2) is 15.9 Å². The third-order valence-corrected chi connectivity index (χ3v) is 3.17. The third-order valence-electron chi connectivity index (χ3n) is 2.95. The van der Waals surface area contributed by atoms with E-state index in [0.717, 1.165) is 0 Å². The number of hydrogen-bond donors (Lipinski definition) is 1. The quantitative estimate of drug-likeness (QED) is 0.766. The standard InChI is InChI=1S/C17H11ClFN3O2/c18-11-7-8-15(20-10-11)24-16-6-2-5-14(22-16)17(23)21-13-4-1-3-12(19)9-13/h1-10H,(H,21,23). The molecule has 0 unspecified atom stereocenters. The molecule has 3 aromatic rings. The molecule has 0 bridgehead atoms. The predicted molar refractivity (Wildman–Crippen MR) is 87.9 cm³/mol. The van der Waals surface area contributed by atoms with E-state index in [1.165, 1.54) is 30.5 Å². The molecule has 3 rings (SSSR count). The van der Waals surface area contributed by atoms with Crippen LogP contribution < -0.4 is 10.1 Å². The molecule has 0 aliphatic heterocycles. The molecule has 5 nitrogen and oxygen atoms in total. The fraction of sp³-hybridized carbons (Fsp3) is 0. The van der Waals surface area contributed by atoms with Crippen LogP contribution in [-0.2, 0) is 0 Å². The lowest BCUT2D eigenvalue weighted by Crippen LogP contribution is -2.13. The van der Waals surface area contributed by atoms with Crippen molar-refractivity contribution in [3.8, 4) is 11.8 Å². The van der Waals surface area contributed by atoms with Crippen LogP contribution in [0.15, 0.2) is 60.8 Å². The first kappa shape index (κ1) is 15.9. The summed E-state index contributed by atoms with van der Waals surface area (Å²) in [6.45, 7) is 0. The molecule has 1 N–H and O–H groups in total. The van der Waals surface area contributed by atoms with Gasteiger partial charge in [-0.15, -0.1) is 0 Å². The number of halogens is 2. The zero-order valence-corrected chi connectivity index (χ0v) is 13.0. The van der Waals surface area contributed by atoms with Crippen LogP contribution in [0.5, 0.6) is 11.8 Å². The fourth-order valence-electron chi connectivity index (χ4n) is 1.89. The van der Waals surface area contributed by atoms with Crippen molar-refractivity contribution in [1.82, 2.24) is 9.97 Å². The van der Waals surface area contributed by atoms with E-state index >= 15 is 0 Å². The number of anilines is 1. The molecule has 2 aromatic heterocycles. The van der Waals surface area contributed by atoms with Gasteiger partial charge in [-0.05, 0) is 30.3 Å². The number of rotatable bonds is 4. The minimum absolute atomic E-state index is 0.130. The maximum Gasteiger partial charge on any atom is 0.274 e. The summed E-state index contributed by atoms with van der Waals surface area (Å²) in [5.41, 5.74) is 0.471. The Kier molecular flexibility index (Phi) is 4.67. The smallest absolute Gasteiger partial charge is 0.274 e. The summed E-state index contributed by atoms with van der Waals surface area (Å²) >= 11 is 5.76. The lowest BCUT2D eigenvalue weighted by molar-refractivity contribution is 0.102. The molecule has 0 atom stereocenters. The molecule has 0 radical (unpaired) electrons. The van der Waals surface area contributed by atoms with E-state index in [2.05, 4.69) is 15.3 Å². The van der Waals surface area contributed by atoms with Crippen molar-refractivity contribution in [2.75, 3.05) is 5.32 Å². The van der Waals surface area contributed by atoms with Crippen molar-refractivity contribution < 1.29 is 13.9 Å². The minimum atomic E-state index is -0.477. The first-order valence-electron chi connectivity index (χ1n) is 6.93. The number of benzene rings is 1. The highest BCUT2D eigenvalue weighted by Crippen LogP contribution is 2.19. The molecule has 120 valence electrons. The molecule has 24 heavy (non-hydrogen) atoms. The number of aromatic nitrogens is 2. The van der Waals surface area contributed by atoms with Crippen LogP contribution in [0.4, 0.5) is 10.1 Å². The van der Waals surface area contributed by atoms with Crippen LogP contribution in [0.1, 0.15) is 10.5 Å². The van der Waals surface area contributed by atoms with E-state index in [-0.39, 0.29) is 11.6 Å². The molecule has 0 spiro atoms. The molecular weight excluding hydrogens is 333 g/mol. The summed E-state index contributed by atoms with van der Waals surface area (Å²) in [6, 6.07) is 13.6. The monoisotopic (exact) mass is 343 g/mol. The van der Waals surface area contributed by atoms with Gasteiger partial charge >= 0.3 is 0 Å². The van der Waals surface area contributed by atoms with Gasteiger partial charge in [-0.3, -0.25) is 4.79 Å². The summed E-state index contributed by atoms with van der Waals surface area (Å²) in [6.07, 6.45) is 1.44. The Morgan fingerprint density at radius 3 is 2.67 bits per heavy atom. The lowest BCUT2D eigenvalue weighted by atomic mass is 10.3. The molecule has 7 heteroatoms. The number of pyridine rings is 2. The third kappa shape index (κ3) is 4.05. The summed E-state index contributed by atoms with van der Waals surface area (Å²) in [7, 11) is 0. The van der Waals surface area contributed by atoms with Crippen molar-refractivity contribution in [3.63, 3.8) is 0 Å². The maximum absolute atomic E-state index is 13.2. The van der Waals surface area contributed by atoms with E-state index < -0.39 is 11.7 Å². The number of carbonyl (C=O) groups excluding carboxylic acids is 1. The van der Waals surface area contributed by atoms with Crippen LogP contribution in [0.2, 0.25) is 5.02 Å². The SMILES string of the molecule is O=C(Nc1cccc(F)c1)c1cccc(Oc2ccc(Cl)cn2)n1. The highest BCUT2D eigenvalue weighted by Gasteiger charge is 2.10.